The van der Waals surface area contributed by atoms with Gasteiger partial charge in [0.2, 0.25) is 0 Å². The van der Waals surface area contributed by atoms with Crippen molar-refractivity contribution >= 4 is 17.4 Å². The van der Waals surface area contributed by atoms with Gasteiger partial charge in [0.05, 0.1) is 6.10 Å². The molecule has 0 saturated carbocycles. The van der Waals surface area contributed by atoms with Crippen LogP contribution in [-0.4, -0.2) is 29.2 Å². The Kier molecular flexibility index (Phi) is 4.35. The molecule has 17 heavy (non-hydrogen) atoms. The number of para-hydroxylation sites is 1. The minimum atomic E-state index is -0.340. The van der Waals surface area contributed by atoms with Crippen LogP contribution in [0, 0.1) is 0 Å². The Labute approximate surface area is 108 Å². The van der Waals surface area contributed by atoms with Crippen molar-refractivity contribution in [1.82, 2.24) is 0 Å². The van der Waals surface area contributed by atoms with Gasteiger partial charge in [0.1, 0.15) is 0 Å². The van der Waals surface area contributed by atoms with Crippen molar-refractivity contribution in [3.05, 3.63) is 29.8 Å². The van der Waals surface area contributed by atoms with E-state index in [2.05, 4.69) is 30.0 Å². The van der Waals surface area contributed by atoms with Crippen LogP contribution < -0.4 is 4.90 Å². The Morgan fingerprint density at radius 3 is 2.94 bits per heavy atom. The minimum absolute atomic E-state index is 0.340. The molecule has 0 aromatic heterocycles. The zero-order valence-corrected chi connectivity index (χ0v) is 11.4. The summed E-state index contributed by atoms with van der Waals surface area (Å²) in [5.74, 6) is 2.36. The Hall–Kier alpha value is -0.670. The van der Waals surface area contributed by atoms with E-state index in [1.54, 1.807) is 0 Å². The fourth-order valence-corrected chi connectivity index (χ4v) is 3.35. The first-order valence-corrected chi connectivity index (χ1v) is 7.51. The highest BCUT2D eigenvalue weighted by Gasteiger charge is 2.22. The van der Waals surface area contributed by atoms with Gasteiger partial charge in [-0.1, -0.05) is 25.1 Å². The Balaban J connectivity index is 2.30. The molecule has 1 aliphatic heterocycles. The van der Waals surface area contributed by atoms with Crippen molar-refractivity contribution in [2.24, 2.45) is 0 Å². The second kappa shape index (κ2) is 5.78. The van der Waals surface area contributed by atoms with E-state index >= 15 is 0 Å². The molecule has 1 aromatic carbocycles. The summed E-state index contributed by atoms with van der Waals surface area (Å²) < 4.78 is 0. The maximum atomic E-state index is 10.1. The van der Waals surface area contributed by atoms with Gasteiger partial charge in [0.25, 0.3) is 0 Å². The second-order valence-corrected chi connectivity index (χ2v) is 5.75. The number of aliphatic hydroxyl groups is 1. The molecule has 3 heteroatoms. The Bertz CT molecular complexity index is 369. The number of hydrogen-bond acceptors (Lipinski definition) is 3. The van der Waals surface area contributed by atoms with E-state index in [0.29, 0.717) is 6.04 Å². The summed E-state index contributed by atoms with van der Waals surface area (Å²) in [5.41, 5.74) is 2.29. The van der Waals surface area contributed by atoms with E-state index in [-0.39, 0.29) is 6.10 Å². The molecule has 0 spiro atoms. The third-order valence-electron chi connectivity index (χ3n) is 3.36. The van der Waals surface area contributed by atoms with Crippen LogP contribution in [0.25, 0.3) is 0 Å². The second-order valence-electron chi connectivity index (χ2n) is 4.60. The molecule has 1 N–H and O–H groups in total. The molecule has 1 heterocycles. The molecule has 1 aliphatic rings. The summed E-state index contributed by atoms with van der Waals surface area (Å²) in [4.78, 5) is 2.44. The number of anilines is 1. The molecule has 2 rings (SSSR count). The fraction of sp³-hybridized carbons (Fsp3) is 0.571. The monoisotopic (exact) mass is 251 g/mol. The minimum Gasteiger partial charge on any atom is -0.388 e. The average Bonchev–Trinajstić information content (AvgIpc) is 2.38. The number of thioether (sulfide) groups is 1. The number of rotatable bonds is 3. The van der Waals surface area contributed by atoms with Gasteiger partial charge >= 0.3 is 0 Å². The lowest BCUT2D eigenvalue weighted by Gasteiger charge is -2.36. The molecular formula is C14H21NOS. The van der Waals surface area contributed by atoms with E-state index < -0.39 is 0 Å². The van der Waals surface area contributed by atoms with E-state index in [1.807, 2.05) is 24.8 Å². The van der Waals surface area contributed by atoms with Gasteiger partial charge in [0, 0.05) is 35.3 Å². The lowest BCUT2D eigenvalue weighted by atomic mass is 10.0. The van der Waals surface area contributed by atoms with Crippen molar-refractivity contribution in [1.29, 1.82) is 0 Å². The van der Waals surface area contributed by atoms with Crippen LogP contribution in [0.15, 0.2) is 24.3 Å². The van der Waals surface area contributed by atoms with Gasteiger partial charge in [-0.25, -0.2) is 0 Å². The molecule has 1 aromatic rings. The highest BCUT2D eigenvalue weighted by atomic mass is 32.2. The third kappa shape index (κ3) is 2.78. The summed E-state index contributed by atoms with van der Waals surface area (Å²) in [6, 6.07) is 8.83. The van der Waals surface area contributed by atoms with Crippen LogP contribution in [0.5, 0.6) is 0 Å². The maximum absolute atomic E-state index is 10.1. The standard InChI is InChI=1S/C14H21NOS/c1-3-14(16)12-6-4-5-7-13(12)15-8-9-17-10-11(15)2/h4-7,11,14,16H,3,8-10H2,1-2H3/t11?,14-/m1/s1. The topological polar surface area (TPSA) is 23.5 Å². The van der Waals surface area contributed by atoms with Gasteiger partial charge < -0.3 is 10.0 Å². The molecule has 0 radical (unpaired) electrons. The molecule has 94 valence electrons. The maximum Gasteiger partial charge on any atom is 0.0807 e. The van der Waals surface area contributed by atoms with E-state index in [4.69, 9.17) is 0 Å². The van der Waals surface area contributed by atoms with Crippen LogP contribution in [0.1, 0.15) is 31.9 Å². The summed E-state index contributed by atoms with van der Waals surface area (Å²) in [7, 11) is 0. The molecule has 1 fully saturated rings. The first-order valence-electron chi connectivity index (χ1n) is 6.35. The van der Waals surface area contributed by atoms with Crippen LogP contribution in [-0.2, 0) is 0 Å². The smallest absolute Gasteiger partial charge is 0.0807 e. The van der Waals surface area contributed by atoms with Crippen molar-refractivity contribution in [3.63, 3.8) is 0 Å². The summed E-state index contributed by atoms with van der Waals surface area (Å²) in [5, 5.41) is 10.1. The summed E-state index contributed by atoms with van der Waals surface area (Å²) in [6.07, 6.45) is 0.432. The molecule has 0 amide bonds. The molecule has 1 unspecified atom stereocenters. The Morgan fingerprint density at radius 2 is 2.24 bits per heavy atom. The molecule has 1 saturated heterocycles. The fourth-order valence-electron chi connectivity index (χ4n) is 2.34. The number of aliphatic hydroxyl groups excluding tert-OH is 1. The first kappa shape index (κ1) is 12.8. The number of hydrogen-bond donors (Lipinski definition) is 1. The molecule has 2 atom stereocenters. The van der Waals surface area contributed by atoms with Gasteiger partial charge in [-0.2, -0.15) is 11.8 Å². The lowest BCUT2D eigenvalue weighted by Crippen LogP contribution is -2.41. The van der Waals surface area contributed by atoms with Crippen LogP contribution in [0.3, 0.4) is 0 Å². The zero-order valence-electron chi connectivity index (χ0n) is 10.6. The quantitative estimate of drug-likeness (QED) is 0.893. The van der Waals surface area contributed by atoms with Crippen molar-refractivity contribution in [2.45, 2.75) is 32.4 Å². The van der Waals surface area contributed by atoms with Crippen LogP contribution in [0.2, 0.25) is 0 Å². The van der Waals surface area contributed by atoms with Crippen molar-refractivity contribution in [3.8, 4) is 0 Å². The average molecular weight is 251 g/mol. The van der Waals surface area contributed by atoms with Gasteiger partial charge in [-0.05, 0) is 19.4 Å². The van der Waals surface area contributed by atoms with E-state index in [9.17, 15) is 5.11 Å². The predicted molar refractivity (Wildman–Crippen MR) is 75.8 cm³/mol. The number of nitrogens with zero attached hydrogens (tertiary/aromatic N) is 1. The predicted octanol–water partition coefficient (Wildman–Crippen LogP) is 3.07. The highest BCUT2D eigenvalue weighted by Crippen LogP contribution is 2.31. The summed E-state index contributed by atoms with van der Waals surface area (Å²) >= 11 is 2.02. The Morgan fingerprint density at radius 1 is 1.47 bits per heavy atom. The molecule has 0 bridgehead atoms. The largest absolute Gasteiger partial charge is 0.388 e. The molecule has 0 aliphatic carbocycles. The van der Waals surface area contributed by atoms with Crippen molar-refractivity contribution in [2.75, 3.05) is 23.0 Å². The normalized spacial score (nSPS) is 22.5. The zero-order chi connectivity index (χ0) is 12.3. The van der Waals surface area contributed by atoms with E-state index in [0.717, 1.165) is 18.5 Å². The van der Waals surface area contributed by atoms with Gasteiger partial charge in [0.15, 0.2) is 0 Å². The van der Waals surface area contributed by atoms with Crippen LogP contribution in [0.4, 0.5) is 5.69 Å². The third-order valence-corrected chi connectivity index (χ3v) is 4.55. The SMILES string of the molecule is CC[C@@H](O)c1ccccc1N1CCSCC1C. The first-order chi connectivity index (χ1) is 8.24. The van der Waals surface area contributed by atoms with E-state index in [1.165, 1.54) is 17.2 Å². The van der Waals surface area contributed by atoms with Gasteiger partial charge in [-0.15, -0.1) is 0 Å². The van der Waals surface area contributed by atoms with Crippen molar-refractivity contribution < 1.29 is 5.11 Å². The summed E-state index contributed by atoms with van der Waals surface area (Å²) in [6.45, 7) is 5.37. The highest BCUT2D eigenvalue weighted by molar-refractivity contribution is 7.99. The number of benzene rings is 1. The van der Waals surface area contributed by atoms with Gasteiger partial charge in [-0.3, -0.25) is 0 Å². The molecule has 2 nitrogen and oxygen atoms in total. The molecular weight excluding hydrogens is 230 g/mol. The lowest BCUT2D eigenvalue weighted by molar-refractivity contribution is 0.174. The van der Waals surface area contributed by atoms with Crippen LogP contribution >= 0.6 is 11.8 Å².